The molecule has 42 heavy (non-hydrogen) atoms. The molecule has 3 N–H and O–H groups in total. The summed E-state index contributed by atoms with van der Waals surface area (Å²) >= 11 is 0. The second kappa shape index (κ2) is 30.1. The van der Waals surface area contributed by atoms with Crippen molar-refractivity contribution in [1.82, 2.24) is 0 Å². The molecule has 0 aliphatic carbocycles. The van der Waals surface area contributed by atoms with Crippen molar-refractivity contribution >= 4 is 19.8 Å². The Morgan fingerprint density at radius 1 is 0.619 bits per heavy atom. The van der Waals surface area contributed by atoms with Crippen LogP contribution in [0.25, 0.3) is 0 Å². The summed E-state index contributed by atoms with van der Waals surface area (Å²) in [6.07, 6.45) is 24.8. The first-order valence-corrected chi connectivity index (χ1v) is 18.5. The van der Waals surface area contributed by atoms with Gasteiger partial charge in [-0.05, 0) is 12.8 Å². The first-order chi connectivity index (χ1) is 20.3. The van der Waals surface area contributed by atoms with Crippen LogP contribution in [-0.2, 0) is 32.7 Å². The Labute approximate surface area is 257 Å². The van der Waals surface area contributed by atoms with Gasteiger partial charge in [0.05, 0.1) is 13.2 Å². The van der Waals surface area contributed by atoms with Crippen LogP contribution in [0.5, 0.6) is 0 Å². The van der Waals surface area contributed by atoms with Crippen molar-refractivity contribution in [3.05, 3.63) is 0 Å². The van der Waals surface area contributed by atoms with Crippen molar-refractivity contribution in [2.75, 3.05) is 26.4 Å². The van der Waals surface area contributed by atoms with Crippen molar-refractivity contribution in [3.63, 3.8) is 0 Å². The molecule has 2 atom stereocenters. The molecule has 0 amide bonds. The molecule has 10 heteroatoms. The predicted molar refractivity (Wildman–Crippen MR) is 169 cm³/mol. The number of phosphoric ester groups is 1. The second-order valence-corrected chi connectivity index (χ2v) is 12.9. The first kappa shape index (κ1) is 41.0. The zero-order valence-electron chi connectivity index (χ0n) is 27.0. The third-order valence-corrected chi connectivity index (χ3v) is 8.23. The lowest BCUT2D eigenvalue weighted by atomic mass is 10.0. The van der Waals surface area contributed by atoms with E-state index in [-0.39, 0.29) is 32.6 Å². The quantitative estimate of drug-likeness (QED) is 0.0430. The van der Waals surface area contributed by atoms with Gasteiger partial charge in [0, 0.05) is 19.4 Å². The number of carbonyl (C=O) groups excluding carboxylic acids is 2. The van der Waals surface area contributed by atoms with Gasteiger partial charge in [-0.25, -0.2) is 4.57 Å². The molecule has 0 heterocycles. The van der Waals surface area contributed by atoms with Gasteiger partial charge in [0.1, 0.15) is 6.61 Å². The summed E-state index contributed by atoms with van der Waals surface area (Å²) < 4.78 is 32.3. The fourth-order valence-corrected chi connectivity index (χ4v) is 5.46. The number of ether oxygens (including phenoxy) is 2. The topological polar surface area (TPSA) is 134 Å². The fraction of sp³-hybridized carbons (Fsp3) is 0.938. The molecule has 0 fully saturated rings. The number of nitrogens with two attached hydrogens (primary N) is 1. The normalized spacial score (nSPS) is 13.5. The second-order valence-electron chi connectivity index (χ2n) is 11.4. The zero-order valence-corrected chi connectivity index (χ0v) is 27.9. The van der Waals surface area contributed by atoms with Crippen LogP contribution < -0.4 is 5.73 Å². The SMILES string of the molecule is CCCCCCCCCCCCCCCCCCCC(=O)O[C@H](COC(=O)CCCCCC)COP(=O)(O)OCCN. The van der Waals surface area contributed by atoms with Gasteiger partial charge in [-0.15, -0.1) is 0 Å². The molecule has 0 saturated carbocycles. The molecule has 0 aliphatic heterocycles. The maximum Gasteiger partial charge on any atom is 0.472 e. The summed E-state index contributed by atoms with van der Waals surface area (Å²) in [6, 6.07) is 0. The lowest BCUT2D eigenvalue weighted by molar-refractivity contribution is -0.161. The largest absolute Gasteiger partial charge is 0.472 e. The number of carbonyl (C=O) groups is 2. The highest BCUT2D eigenvalue weighted by atomic mass is 31.2. The average molecular weight is 622 g/mol. The van der Waals surface area contributed by atoms with Crippen LogP contribution in [0, 0.1) is 0 Å². The van der Waals surface area contributed by atoms with Gasteiger partial charge < -0.3 is 20.1 Å². The zero-order chi connectivity index (χ0) is 31.2. The summed E-state index contributed by atoms with van der Waals surface area (Å²) in [7, 11) is -4.35. The molecule has 0 saturated heterocycles. The number of rotatable bonds is 32. The number of hydrogen-bond donors (Lipinski definition) is 2. The van der Waals surface area contributed by atoms with Crippen LogP contribution in [0.4, 0.5) is 0 Å². The van der Waals surface area contributed by atoms with E-state index >= 15 is 0 Å². The number of hydrogen-bond acceptors (Lipinski definition) is 8. The summed E-state index contributed by atoms with van der Waals surface area (Å²) in [4.78, 5) is 34.2. The minimum atomic E-state index is -4.35. The minimum Gasteiger partial charge on any atom is -0.462 e. The number of phosphoric acid groups is 1. The summed E-state index contributed by atoms with van der Waals surface area (Å²) in [5.74, 6) is -0.842. The molecule has 0 aromatic rings. The fourth-order valence-electron chi connectivity index (χ4n) is 4.69. The van der Waals surface area contributed by atoms with Crippen LogP contribution in [-0.4, -0.2) is 49.3 Å². The lowest BCUT2D eigenvalue weighted by Crippen LogP contribution is -2.29. The van der Waals surface area contributed by atoms with Gasteiger partial charge in [-0.2, -0.15) is 0 Å². The van der Waals surface area contributed by atoms with Crippen molar-refractivity contribution in [1.29, 1.82) is 0 Å². The van der Waals surface area contributed by atoms with E-state index in [4.69, 9.17) is 24.3 Å². The highest BCUT2D eigenvalue weighted by molar-refractivity contribution is 7.47. The molecule has 250 valence electrons. The Kier molecular flexibility index (Phi) is 29.3. The Morgan fingerprint density at radius 2 is 1.02 bits per heavy atom. The van der Waals surface area contributed by atoms with Crippen LogP contribution in [0.1, 0.15) is 162 Å². The van der Waals surface area contributed by atoms with Gasteiger partial charge in [0.25, 0.3) is 0 Å². The smallest absolute Gasteiger partial charge is 0.462 e. The van der Waals surface area contributed by atoms with E-state index in [2.05, 4.69) is 13.8 Å². The van der Waals surface area contributed by atoms with Crippen LogP contribution in [0.2, 0.25) is 0 Å². The van der Waals surface area contributed by atoms with Crippen molar-refractivity contribution in [2.45, 2.75) is 168 Å². The molecule has 0 spiro atoms. The molecule has 0 bridgehead atoms. The van der Waals surface area contributed by atoms with Crippen LogP contribution in [0.15, 0.2) is 0 Å². The molecule has 0 rings (SSSR count). The standard InChI is InChI=1S/C32H64NO8P/c1-3-5-7-9-10-11-12-13-14-15-16-17-18-19-20-21-23-25-32(35)41-30(29-40-42(36,37)39-27-26-33)28-38-31(34)24-22-8-6-4-2/h30H,3-29,33H2,1-2H3,(H,36,37)/t30-/m1/s1. The van der Waals surface area contributed by atoms with Crippen LogP contribution >= 0.6 is 7.82 Å². The minimum absolute atomic E-state index is 0.0569. The predicted octanol–water partition coefficient (Wildman–Crippen LogP) is 8.55. The highest BCUT2D eigenvalue weighted by Crippen LogP contribution is 2.43. The molecule has 0 radical (unpaired) electrons. The molecule has 1 unspecified atom stereocenters. The van der Waals surface area contributed by atoms with Crippen molar-refractivity contribution in [3.8, 4) is 0 Å². The van der Waals surface area contributed by atoms with Crippen molar-refractivity contribution in [2.24, 2.45) is 5.73 Å². The Hall–Kier alpha value is -0.990. The Bertz CT molecular complexity index is 679. The van der Waals surface area contributed by atoms with E-state index in [1.807, 2.05) is 0 Å². The van der Waals surface area contributed by atoms with E-state index in [1.165, 1.54) is 89.9 Å². The monoisotopic (exact) mass is 621 g/mol. The number of esters is 2. The summed E-state index contributed by atoms with van der Waals surface area (Å²) in [5, 5.41) is 0. The maximum absolute atomic E-state index is 12.4. The molecular formula is C32H64NO8P. The Morgan fingerprint density at radius 3 is 1.48 bits per heavy atom. The van der Waals surface area contributed by atoms with Crippen LogP contribution in [0.3, 0.4) is 0 Å². The molecule has 0 aromatic carbocycles. The molecule has 0 aromatic heterocycles. The average Bonchev–Trinajstić information content (AvgIpc) is 2.97. The van der Waals surface area contributed by atoms with E-state index in [0.717, 1.165) is 38.5 Å². The summed E-state index contributed by atoms with van der Waals surface area (Å²) in [6.45, 7) is 3.60. The third kappa shape index (κ3) is 29.1. The van der Waals surface area contributed by atoms with E-state index in [1.54, 1.807) is 0 Å². The Balaban J connectivity index is 4.04. The van der Waals surface area contributed by atoms with Gasteiger partial charge >= 0.3 is 19.8 Å². The van der Waals surface area contributed by atoms with E-state index in [9.17, 15) is 19.0 Å². The van der Waals surface area contributed by atoms with Gasteiger partial charge in [-0.3, -0.25) is 18.6 Å². The van der Waals surface area contributed by atoms with Gasteiger partial charge in [0.2, 0.25) is 0 Å². The lowest BCUT2D eigenvalue weighted by Gasteiger charge is -2.19. The number of unbranched alkanes of at least 4 members (excludes halogenated alkanes) is 19. The molecular weight excluding hydrogens is 557 g/mol. The molecule has 0 aliphatic rings. The first-order valence-electron chi connectivity index (χ1n) is 17.0. The van der Waals surface area contributed by atoms with E-state index < -0.39 is 32.5 Å². The maximum atomic E-state index is 12.4. The highest BCUT2D eigenvalue weighted by Gasteiger charge is 2.25. The summed E-state index contributed by atoms with van der Waals surface area (Å²) in [5.41, 5.74) is 5.29. The van der Waals surface area contributed by atoms with Gasteiger partial charge in [-0.1, -0.05) is 136 Å². The van der Waals surface area contributed by atoms with Gasteiger partial charge in [0.15, 0.2) is 6.10 Å². The van der Waals surface area contributed by atoms with E-state index in [0.29, 0.717) is 6.42 Å². The third-order valence-electron chi connectivity index (χ3n) is 7.24. The van der Waals surface area contributed by atoms with Crippen molar-refractivity contribution < 1.29 is 37.6 Å². The molecule has 9 nitrogen and oxygen atoms in total.